The van der Waals surface area contributed by atoms with Crippen LogP contribution >= 0.6 is 11.6 Å². The van der Waals surface area contributed by atoms with Gasteiger partial charge in [-0.2, -0.15) is 0 Å². The second kappa shape index (κ2) is 6.42. The summed E-state index contributed by atoms with van der Waals surface area (Å²) in [5.74, 6) is 0.972. The Labute approximate surface area is 119 Å². The van der Waals surface area contributed by atoms with Gasteiger partial charge in [-0.1, -0.05) is 18.5 Å². The van der Waals surface area contributed by atoms with Gasteiger partial charge in [0.2, 0.25) is 0 Å². The first-order valence-electron chi connectivity index (χ1n) is 6.67. The highest BCUT2D eigenvalue weighted by molar-refractivity contribution is 6.31. The first-order valence-corrected chi connectivity index (χ1v) is 7.05. The predicted octanol–water partition coefficient (Wildman–Crippen LogP) is 3.69. The third-order valence-electron chi connectivity index (χ3n) is 3.03. The van der Waals surface area contributed by atoms with Crippen LogP contribution in [0.25, 0.3) is 11.0 Å². The Morgan fingerprint density at radius 1 is 1.32 bits per heavy atom. The summed E-state index contributed by atoms with van der Waals surface area (Å²) in [6.07, 6.45) is 1.11. The molecule has 2 aromatic rings. The molecule has 0 bridgehead atoms. The van der Waals surface area contributed by atoms with E-state index in [0.29, 0.717) is 0 Å². The van der Waals surface area contributed by atoms with Gasteiger partial charge >= 0.3 is 0 Å². The average Bonchev–Trinajstić information content (AvgIpc) is 2.76. The van der Waals surface area contributed by atoms with E-state index in [9.17, 15) is 0 Å². The van der Waals surface area contributed by atoms with Gasteiger partial charge < -0.3 is 14.6 Å². The molecule has 0 fully saturated rings. The number of rotatable bonds is 6. The molecule has 1 atom stereocenters. The summed E-state index contributed by atoms with van der Waals surface area (Å²) >= 11 is 6.01. The molecule has 0 spiro atoms. The molecule has 1 aromatic heterocycles. The topological polar surface area (TPSA) is 28.4 Å². The molecule has 0 aliphatic rings. The predicted molar refractivity (Wildman–Crippen MR) is 80.8 cm³/mol. The molecule has 1 aromatic carbocycles. The molecule has 2 rings (SSSR count). The molecular formula is C15H21ClN2O. The van der Waals surface area contributed by atoms with Gasteiger partial charge in [-0.15, -0.1) is 0 Å². The van der Waals surface area contributed by atoms with E-state index in [0.717, 1.165) is 41.3 Å². The standard InChI is InChI=1S/C15H21ClN2O/c1-4-7-17-13(10-18(2)3)15-9-11-8-12(16)5-6-14(11)19-15/h5-6,8-9,13,17H,4,7,10H2,1-3H3. The minimum Gasteiger partial charge on any atom is -0.459 e. The van der Waals surface area contributed by atoms with E-state index < -0.39 is 0 Å². The van der Waals surface area contributed by atoms with Gasteiger partial charge in [-0.3, -0.25) is 0 Å². The number of benzene rings is 1. The Kier molecular flexibility index (Phi) is 4.86. The molecule has 104 valence electrons. The second-order valence-corrected chi connectivity index (χ2v) is 5.54. The maximum Gasteiger partial charge on any atom is 0.134 e. The molecular weight excluding hydrogens is 260 g/mol. The third-order valence-corrected chi connectivity index (χ3v) is 3.26. The van der Waals surface area contributed by atoms with Crippen molar-refractivity contribution in [2.45, 2.75) is 19.4 Å². The summed E-state index contributed by atoms with van der Waals surface area (Å²) < 4.78 is 5.94. The van der Waals surface area contributed by atoms with Crippen molar-refractivity contribution in [3.8, 4) is 0 Å². The van der Waals surface area contributed by atoms with Gasteiger partial charge in [0.15, 0.2) is 0 Å². The lowest BCUT2D eigenvalue weighted by Gasteiger charge is -2.20. The van der Waals surface area contributed by atoms with Crippen LogP contribution in [0.5, 0.6) is 0 Å². The van der Waals surface area contributed by atoms with Crippen molar-refractivity contribution in [1.29, 1.82) is 0 Å². The van der Waals surface area contributed by atoms with E-state index in [1.165, 1.54) is 0 Å². The summed E-state index contributed by atoms with van der Waals surface area (Å²) in [4.78, 5) is 2.16. The zero-order valence-electron chi connectivity index (χ0n) is 11.7. The maximum atomic E-state index is 6.01. The van der Waals surface area contributed by atoms with Crippen molar-refractivity contribution >= 4 is 22.6 Å². The minimum atomic E-state index is 0.209. The summed E-state index contributed by atoms with van der Waals surface area (Å²) in [5, 5.41) is 5.33. The van der Waals surface area contributed by atoms with Crippen molar-refractivity contribution in [3.05, 3.63) is 35.0 Å². The molecule has 0 radical (unpaired) electrons. The van der Waals surface area contributed by atoms with Gasteiger partial charge in [0.25, 0.3) is 0 Å². The van der Waals surface area contributed by atoms with Crippen LogP contribution in [-0.4, -0.2) is 32.1 Å². The average molecular weight is 281 g/mol. The van der Waals surface area contributed by atoms with E-state index >= 15 is 0 Å². The molecule has 0 saturated carbocycles. The molecule has 1 N–H and O–H groups in total. The van der Waals surface area contributed by atoms with Crippen molar-refractivity contribution < 1.29 is 4.42 Å². The normalized spacial score (nSPS) is 13.3. The van der Waals surface area contributed by atoms with Gasteiger partial charge in [-0.25, -0.2) is 0 Å². The number of likely N-dealkylation sites (N-methyl/N-ethyl adjacent to an activating group) is 1. The first kappa shape index (κ1) is 14.4. The Bertz CT molecular complexity index is 536. The Hall–Kier alpha value is -1.03. The van der Waals surface area contributed by atoms with Gasteiger partial charge in [0.1, 0.15) is 11.3 Å². The van der Waals surface area contributed by atoms with Crippen molar-refractivity contribution in [2.75, 3.05) is 27.2 Å². The van der Waals surface area contributed by atoms with Crippen molar-refractivity contribution in [3.63, 3.8) is 0 Å². The quantitative estimate of drug-likeness (QED) is 0.875. The molecule has 0 saturated heterocycles. The highest BCUT2D eigenvalue weighted by Crippen LogP contribution is 2.26. The van der Waals surface area contributed by atoms with E-state index in [2.05, 4.69) is 37.3 Å². The van der Waals surface area contributed by atoms with Crippen LogP contribution in [-0.2, 0) is 0 Å². The number of furan rings is 1. The van der Waals surface area contributed by atoms with Crippen LogP contribution in [0.15, 0.2) is 28.7 Å². The van der Waals surface area contributed by atoms with E-state index in [-0.39, 0.29) is 6.04 Å². The van der Waals surface area contributed by atoms with E-state index in [1.807, 2.05) is 18.2 Å². The lowest BCUT2D eigenvalue weighted by atomic mass is 10.2. The van der Waals surface area contributed by atoms with Crippen LogP contribution < -0.4 is 5.32 Å². The zero-order chi connectivity index (χ0) is 13.8. The SMILES string of the molecule is CCCNC(CN(C)C)c1cc2cc(Cl)ccc2o1. The number of nitrogens with one attached hydrogen (secondary N) is 1. The Morgan fingerprint density at radius 3 is 2.79 bits per heavy atom. The molecule has 0 aliphatic heterocycles. The van der Waals surface area contributed by atoms with Crippen LogP contribution in [0.2, 0.25) is 5.02 Å². The lowest BCUT2D eigenvalue weighted by Crippen LogP contribution is -2.31. The third kappa shape index (κ3) is 3.72. The molecule has 1 heterocycles. The summed E-state index contributed by atoms with van der Waals surface area (Å²) in [6, 6.07) is 8.01. The molecule has 4 heteroatoms. The van der Waals surface area contributed by atoms with Gasteiger partial charge in [0.05, 0.1) is 6.04 Å². The van der Waals surface area contributed by atoms with Crippen molar-refractivity contribution in [2.24, 2.45) is 0 Å². The maximum absolute atomic E-state index is 6.01. The highest BCUT2D eigenvalue weighted by atomic mass is 35.5. The van der Waals surface area contributed by atoms with Gasteiger partial charge in [-0.05, 0) is 51.3 Å². The summed E-state index contributed by atoms with van der Waals surface area (Å²) in [7, 11) is 4.14. The molecule has 3 nitrogen and oxygen atoms in total. The lowest BCUT2D eigenvalue weighted by molar-refractivity contribution is 0.313. The second-order valence-electron chi connectivity index (χ2n) is 5.10. The largest absolute Gasteiger partial charge is 0.459 e. The summed E-state index contributed by atoms with van der Waals surface area (Å²) in [6.45, 7) is 4.06. The highest BCUT2D eigenvalue weighted by Gasteiger charge is 2.16. The smallest absolute Gasteiger partial charge is 0.134 e. The fraction of sp³-hybridized carbons (Fsp3) is 0.467. The van der Waals surface area contributed by atoms with E-state index in [1.54, 1.807) is 0 Å². The van der Waals surface area contributed by atoms with E-state index in [4.69, 9.17) is 16.0 Å². The first-order chi connectivity index (χ1) is 9.10. The van der Waals surface area contributed by atoms with Crippen LogP contribution in [0.4, 0.5) is 0 Å². The number of hydrogen-bond acceptors (Lipinski definition) is 3. The van der Waals surface area contributed by atoms with Gasteiger partial charge in [0, 0.05) is 17.0 Å². The number of nitrogens with zero attached hydrogens (tertiary/aromatic N) is 1. The fourth-order valence-corrected chi connectivity index (χ4v) is 2.33. The number of hydrogen-bond donors (Lipinski definition) is 1. The van der Waals surface area contributed by atoms with Crippen LogP contribution in [0.3, 0.4) is 0 Å². The zero-order valence-corrected chi connectivity index (χ0v) is 12.5. The van der Waals surface area contributed by atoms with Crippen LogP contribution in [0, 0.1) is 0 Å². The number of fused-ring (bicyclic) bond motifs is 1. The Balaban J connectivity index is 2.26. The minimum absolute atomic E-state index is 0.209. The summed E-state index contributed by atoms with van der Waals surface area (Å²) in [5.41, 5.74) is 0.890. The fourth-order valence-electron chi connectivity index (χ4n) is 2.15. The molecule has 1 unspecified atom stereocenters. The molecule has 0 aliphatic carbocycles. The Morgan fingerprint density at radius 2 is 2.11 bits per heavy atom. The van der Waals surface area contributed by atoms with Crippen molar-refractivity contribution in [1.82, 2.24) is 10.2 Å². The molecule has 19 heavy (non-hydrogen) atoms. The molecule has 0 amide bonds. The van der Waals surface area contributed by atoms with Crippen LogP contribution in [0.1, 0.15) is 25.1 Å². The monoisotopic (exact) mass is 280 g/mol. The number of halogens is 1.